The molecule has 1 aromatic heterocycles. The van der Waals surface area contributed by atoms with Gasteiger partial charge in [-0.25, -0.2) is 18.1 Å². The predicted molar refractivity (Wildman–Crippen MR) is 75.5 cm³/mol. The summed E-state index contributed by atoms with van der Waals surface area (Å²) >= 11 is 0. The maximum atomic E-state index is 12.4. The van der Waals surface area contributed by atoms with E-state index in [4.69, 9.17) is 0 Å². The molecule has 19 heavy (non-hydrogen) atoms. The highest BCUT2D eigenvalue weighted by Crippen LogP contribution is 2.27. The molecule has 2 unspecified atom stereocenters. The molecule has 2 atom stereocenters. The van der Waals surface area contributed by atoms with Crippen molar-refractivity contribution in [2.45, 2.75) is 44.2 Å². The first-order valence-corrected chi connectivity index (χ1v) is 8.24. The number of pyridine rings is 1. The van der Waals surface area contributed by atoms with Crippen LogP contribution in [0.5, 0.6) is 0 Å². The smallest absolute Gasteiger partial charge is 0.260 e. The quantitative estimate of drug-likeness (QED) is 0.867. The van der Waals surface area contributed by atoms with Gasteiger partial charge in [-0.3, -0.25) is 0 Å². The fraction of sp³-hybridized carbons (Fsp3) is 0.615. The van der Waals surface area contributed by atoms with Crippen LogP contribution in [0.3, 0.4) is 0 Å². The van der Waals surface area contributed by atoms with Crippen molar-refractivity contribution in [3.8, 4) is 0 Å². The van der Waals surface area contributed by atoms with E-state index in [1.54, 1.807) is 12.1 Å². The van der Waals surface area contributed by atoms with Crippen molar-refractivity contribution in [3.63, 3.8) is 0 Å². The molecule has 1 heterocycles. The molecule has 5 nitrogen and oxygen atoms in total. The lowest BCUT2D eigenvalue weighted by Crippen LogP contribution is -2.37. The van der Waals surface area contributed by atoms with Crippen LogP contribution in [0.2, 0.25) is 0 Å². The van der Waals surface area contributed by atoms with Gasteiger partial charge in [0.15, 0.2) is 5.03 Å². The highest BCUT2D eigenvalue weighted by atomic mass is 32.2. The summed E-state index contributed by atoms with van der Waals surface area (Å²) in [5.74, 6) is 0.390. The van der Waals surface area contributed by atoms with E-state index in [-0.39, 0.29) is 11.1 Å². The van der Waals surface area contributed by atoms with E-state index < -0.39 is 10.0 Å². The van der Waals surface area contributed by atoms with E-state index >= 15 is 0 Å². The Morgan fingerprint density at radius 3 is 2.84 bits per heavy atom. The van der Waals surface area contributed by atoms with Gasteiger partial charge >= 0.3 is 0 Å². The average molecular weight is 283 g/mol. The minimum absolute atomic E-state index is 0.0292. The lowest BCUT2D eigenvalue weighted by Gasteiger charge is -2.18. The largest absolute Gasteiger partial charge is 0.383 e. The summed E-state index contributed by atoms with van der Waals surface area (Å²) in [6, 6.07) is 3.50. The fourth-order valence-electron chi connectivity index (χ4n) is 2.51. The molecule has 2 rings (SSSR count). The third kappa shape index (κ3) is 3.25. The first-order valence-electron chi connectivity index (χ1n) is 6.76. The molecule has 1 aromatic rings. The highest BCUT2D eigenvalue weighted by Gasteiger charge is 2.30. The van der Waals surface area contributed by atoms with Gasteiger partial charge in [0.2, 0.25) is 0 Å². The van der Waals surface area contributed by atoms with Crippen molar-refractivity contribution in [2.75, 3.05) is 11.9 Å². The van der Waals surface area contributed by atoms with Gasteiger partial charge in [-0.2, -0.15) is 0 Å². The Hall–Kier alpha value is -1.14. The molecule has 0 aromatic carbocycles. The van der Waals surface area contributed by atoms with Gasteiger partial charge in [-0.05, 0) is 37.8 Å². The summed E-state index contributed by atoms with van der Waals surface area (Å²) in [4.78, 5) is 4.02. The molecule has 0 aliphatic heterocycles. The number of sulfonamides is 1. The summed E-state index contributed by atoms with van der Waals surface area (Å²) in [7, 11) is -3.55. The highest BCUT2D eigenvalue weighted by molar-refractivity contribution is 7.89. The molecule has 1 saturated carbocycles. The zero-order valence-corrected chi connectivity index (χ0v) is 12.2. The molecule has 0 saturated heterocycles. The topological polar surface area (TPSA) is 71.1 Å². The summed E-state index contributed by atoms with van der Waals surface area (Å²) < 4.78 is 27.6. The molecule has 1 aliphatic rings. The molecule has 0 spiro atoms. The van der Waals surface area contributed by atoms with E-state index in [0.717, 1.165) is 19.3 Å². The van der Waals surface area contributed by atoms with Gasteiger partial charge in [0, 0.05) is 18.8 Å². The van der Waals surface area contributed by atoms with E-state index in [1.165, 1.54) is 6.20 Å². The molecular formula is C13H21N3O2S. The molecule has 2 N–H and O–H groups in total. The van der Waals surface area contributed by atoms with E-state index in [0.29, 0.717) is 18.2 Å². The molecular weight excluding hydrogens is 262 g/mol. The molecule has 106 valence electrons. The summed E-state index contributed by atoms with van der Waals surface area (Å²) in [5, 5.41) is 3.13. The lowest BCUT2D eigenvalue weighted by atomic mass is 10.1. The Morgan fingerprint density at radius 2 is 2.21 bits per heavy atom. The van der Waals surface area contributed by atoms with Gasteiger partial charge in [0.1, 0.15) is 0 Å². The molecule has 6 heteroatoms. The monoisotopic (exact) mass is 283 g/mol. The van der Waals surface area contributed by atoms with Crippen molar-refractivity contribution in [2.24, 2.45) is 5.92 Å². The van der Waals surface area contributed by atoms with Crippen LogP contribution in [0, 0.1) is 5.92 Å². The minimum atomic E-state index is -3.55. The standard InChI is InChI=1S/C13H21N3O2S/c1-3-14-12-8-5-9-15-13(12)19(17,18)16-11-7-4-6-10(11)2/h5,8-11,14,16H,3-4,6-7H2,1-2H3. The number of hydrogen-bond donors (Lipinski definition) is 2. The minimum Gasteiger partial charge on any atom is -0.383 e. The van der Waals surface area contributed by atoms with Crippen LogP contribution in [-0.4, -0.2) is 26.0 Å². The number of rotatable bonds is 5. The number of nitrogens with zero attached hydrogens (tertiary/aromatic N) is 1. The maximum Gasteiger partial charge on any atom is 0.260 e. The first kappa shape index (κ1) is 14.3. The van der Waals surface area contributed by atoms with Crippen LogP contribution in [0.25, 0.3) is 0 Å². The number of hydrogen-bond acceptors (Lipinski definition) is 4. The van der Waals surface area contributed by atoms with Crippen molar-refractivity contribution in [1.29, 1.82) is 0 Å². The van der Waals surface area contributed by atoms with Gasteiger partial charge in [-0.1, -0.05) is 13.3 Å². The summed E-state index contributed by atoms with van der Waals surface area (Å²) in [6.45, 7) is 4.67. The number of aromatic nitrogens is 1. The first-order chi connectivity index (χ1) is 9.04. The molecule has 0 bridgehead atoms. The molecule has 1 aliphatic carbocycles. The van der Waals surface area contributed by atoms with Crippen LogP contribution in [0.1, 0.15) is 33.1 Å². The van der Waals surface area contributed by atoms with E-state index in [1.807, 2.05) is 6.92 Å². The maximum absolute atomic E-state index is 12.4. The zero-order valence-electron chi connectivity index (χ0n) is 11.4. The number of anilines is 1. The number of nitrogens with one attached hydrogen (secondary N) is 2. The third-order valence-corrected chi connectivity index (χ3v) is 5.01. The Labute approximate surface area is 114 Å². The van der Waals surface area contributed by atoms with Crippen molar-refractivity contribution < 1.29 is 8.42 Å². The SMILES string of the molecule is CCNc1cccnc1S(=O)(=O)NC1CCCC1C. The van der Waals surface area contributed by atoms with Crippen LogP contribution in [0.4, 0.5) is 5.69 Å². The van der Waals surface area contributed by atoms with Crippen molar-refractivity contribution >= 4 is 15.7 Å². The molecule has 0 amide bonds. The van der Waals surface area contributed by atoms with Crippen LogP contribution in [-0.2, 0) is 10.0 Å². The summed E-state index contributed by atoms with van der Waals surface area (Å²) in [6.07, 6.45) is 4.57. The van der Waals surface area contributed by atoms with Gasteiger partial charge in [0.25, 0.3) is 10.0 Å². The Morgan fingerprint density at radius 1 is 1.42 bits per heavy atom. The Bertz CT molecular complexity index is 530. The molecule has 0 radical (unpaired) electrons. The summed E-state index contributed by atoms with van der Waals surface area (Å²) in [5.41, 5.74) is 0.558. The Balaban J connectivity index is 2.24. The zero-order chi connectivity index (χ0) is 13.9. The third-order valence-electron chi connectivity index (χ3n) is 3.56. The van der Waals surface area contributed by atoms with E-state index in [9.17, 15) is 8.42 Å². The average Bonchev–Trinajstić information content (AvgIpc) is 2.75. The van der Waals surface area contributed by atoms with Gasteiger partial charge < -0.3 is 5.32 Å². The van der Waals surface area contributed by atoms with Crippen LogP contribution >= 0.6 is 0 Å². The van der Waals surface area contributed by atoms with Crippen molar-refractivity contribution in [3.05, 3.63) is 18.3 Å². The fourth-order valence-corrected chi connectivity index (χ4v) is 4.00. The molecule has 1 fully saturated rings. The van der Waals surface area contributed by atoms with Crippen molar-refractivity contribution in [1.82, 2.24) is 9.71 Å². The Kier molecular flexibility index (Phi) is 4.42. The second kappa shape index (κ2) is 5.88. The lowest BCUT2D eigenvalue weighted by molar-refractivity contribution is 0.475. The predicted octanol–water partition coefficient (Wildman–Crippen LogP) is 1.98. The van der Waals surface area contributed by atoms with Gasteiger partial charge in [-0.15, -0.1) is 0 Å². The second-order valence-electron chi connectivity index (χ2n) is 5.02. The van der Waals surface area contributed by atoms with Gasteiger partial charge in [0.05, 0.1) is 5.69 Å². The van der Waals surface area contributed by atoms with Crippen LogP contribution < -0.4 is 10.0 Å². The normalized spacial score (nSPS) is 23.5. The van der Waals surface area contributed by atoms with E-state index in [2.05, 4.69) is 21.9 Å². The second-order valence-corrected chi connectivity index (χ2v) is 6.65. The van der Waals surface area contributed by atoms with Crippen LogP contribution in [0.15, 0.2) is 23.4 Å².